The quantitative estimate of drug-likeness (QED) is 0.0462. The summed E-state index contributed by atoms with van der Waals surface area (Å²) in [5.41, 5.74) is 3.57. The second-order valence-corrected chi connectivity index (χ2v) is 19.6. The molecule has 0 aliphatic carbocycles. The van der Waals surface area contributed by atoms with Gasteiger partial charge in [0.05, 0.1) is 54.4 Å². The highest BCUT2D eigenvalue weighted by Crippen LogP contribution is 2.29. The minimum Gasteiger partial charge on any atom is -0.618 e. The second kappa shape index (κ2) is 23.2. The fraction of sp³-hybridized carbons (Fsp3) is 0.542. The molecule has 0 spiro atoms. The first-order valence-electron chi connectivity index (χ1n) is 22.6. The van der Waals surface area contributed by atoms with E-state index in [4.69, 9.17) is 28.9 Å². The highest BCUT2D eigenvalue weighted by molar-refractivity contribution is 9.10. The van der Waals surface area contributed by atoms with E-state index in [1.807, 2.05) is 79.7 Å². The first-order valence-corrected chi connectivity index (χ1v) is 24.2. The summed E-state index contributed by atoms with van der Waals surface area (Å²) in [4.78, 5) is 42.9. The van der Waals surface area contributed by atoms with E-state index < -0.39 is 17.3 Å². The largest absolute Gasteiger partial charge is 0.618 e. The van der Waals surface area contributed by atoms with Crippen LogP contribution in [0.15, 0.2) is 57.7 Å². The lowest BCUT2D eigenvalue weighted by Gasteiger charge is -2.26. The van der Waals surface area contributed by atoms with Crippen LogP contribution in [0, 0.1) is 5.21 Å². The van der Waals surface area contributed by atoms with E-state index in [0.717, 1.165) is 84.6 Å². The summed E-state index contributed by atoms with van der Waals surface area (Å²) in [6.45, 7) is 24.7. The summed E-state index contributed by atoms with van der Waals surface area (Å²) in [5.74, 6) is 1.48. The number of hydrogen-bond acceptors (Lipinski definition) is 10. The number of aromatic nitrogens is 6. The number of unbranched alkanes of at least 4 members (excludes halogenated alkanes) is 2. The minimum absolute atomic E-state index is 0.270. The Kier molecular flexibility index (Phi) is 18.4. The minimum atomic E-state index is -0.588. The zero-order valence-electron chi connectivity index (χ0n) is 39.7. The third-order valence-electron chi connectivity index (χ3n) is 10.3. The second-order valence-electron chi connectivity index (χ2n) is 17.8. The van der Waals surface area contributed by atoms with Gasteiger partial charge in [0.25, 0.3) is 0 Å². The van der Waals surface area contributed by atoms with Crippen LogP contribution in [-0.4, -0.2) is 96.8 Å². The number of fused-ring (bicyclic) bond motifs is 6. The number of hydrogen-bond donors (Lipinski definition) is 0. The van der Waals surface area contributed by atoms with Gasteiger partial charge in [-0.2, -0.15) is 4.73 Å². The van der Waals surface area contributed by atoms with Crippen molar-refractivity contribution in [2.45, 2.75) is 132 Å². The molecule has 15 nitrogen and oxygen atoms in total. The number of amides is 2. The van der Waals surface area contributed by atoms with Crippen molar-refractivity contribution in [3.8, 4) is 0 Å². The van der Waals surface area contributed by atoms with Crippen LogP contribution in [0.4, 0.5) is 9.59 Å². The van der Waals surface area contributed by atoms with Crippen LogP contribution >= 0.6 is 31.9 Å². The fourth-order valence-corrected chi connectivity index (χ4v) is 7.83. The lowest BCUT2D eigenvalue weighted by atomic mass is 10.2. The molecular weight excluding hydrogens is 960 g/mol. The van der Waals surface area contributed by atoms with Crippen LogP contribution in [0.3, 0.4) is 0 Å². The van der Waals surface area contributed by atoms with Crippen LogP contribution in [-0.2, 0) is 45.1 Å². The molecular formula is C48H66Br2N8O7. The molecule has 6 aromatic rings. The Hall–Kier alpha value is -4.58. The van der Waals surface area contributed by atoms with Crippen LogP contribution in [0.2, 0.25) is 0 Å². The molecule has 354 valence electrons. The Morgan fingerprint density at radius 3 is 1.65 bits per heavy atom. The fourth-order valence-electron chi connectivity index (χ4n) is 7.13. The molecule has 17 heteroatoms. The van der Waals surface area contributed by atoms with E-state index >= 15 is 0 Å². The number of benzene rings is 2. The maximum atomic E-state index is 12.7. The molecule has 0 N–H and O–H groups in total. The number of carbonyl (C=O) groups excluding carboxylic acids is 2. The van der Waals surface area contributed by atoms with Crippen molar-refractivity contribution in [1.82, 2.24) is 33.9 Å². The molecule has 2 amide bonds. The standard InChI is InChI=1S/C24H33BrN4O4.C24H33BrN4O3/c1-6-8-12-32-13-11-28-21(16-27(7-2)23(30)33-24(3,4)5)26-19-15-29(31)20-14-17(25)9-10-18(20)22(19)28;1-6-8-12-31-13-11-29-21(16-28(7-2)23(30)32-24(3,4)5)27-20-15-26-19-14-17(25)9-10-18(19)22(20)29/h9-10,14-15H,6-8,11-13,16H2,1-5H3;9-10,14-15H,6-8,11-13,16H2,1-5H3. The molecule has 0 atom stereocenters. The zero-order chi connectivity index (χ0) is 47.5. The molecule has 65 heavy (non-hydrogen) atoms. The Morgan fingerprint density at radius 2 is 1.15 bits per heavy atom. The predicted molar refractivity (Wildman–Crippen MR) is 263 cm³/mol. The molecule has 6 rings (SSSR count). The first kappa shape index (κ1) is 51.4. The SMILES string of the molecule is CCCCOCCn1c(CN(CC)C(=O)OC(C)(C)C)nc2c[n+]([O-])c3cc(Br)ccc3c21.CCCCOCCn1c(CN(CC)C(=O)OC(C)(C)C)nc2cnc3cc(Br)ccc3c21. The maximum absolute atomic E-state index is 12.7. The van der Waals surface area contributed by atoms with Gasteiger partial charge in [0.1, 0.15) is 28.4 Å². The van der Waals surface area contributed by atoms with E-state index in [9.17, 15) is 14.8 Å². The highest BCUT2D eigenvalue weighted by atomic mass is 79.9. The number of ether oxygens (including phenoxy) is 4. The summed E-state index contributed by atoms with van der Waals surface area (Å²) < 4.78 is 29.7. The van der Waals surface area contributed by atoms with Gasteiger partial charge >= 0.3 is 12.2 Å². The molecule has 2 aromatic carbocycles. The van der Waals surface area contributed by atoms with Gasteiger partial charge in [-0.3, -0.25) is 4.98 Å². The molecule has 4 aromatic heterocycles. The normalized spacial score (nSPS) is 11.9. The van der Waals surface area contributed by atoms with Gasteiger partial charge in [0.15, 0.2) is 5.52 Å². The van der Waals surface area contributed by atoms with Gasteiger partial charge in [0.2, 0.25) is 11.7 Å². The van der Waals surface area contributed by atoms with Crippen molar-refractivity contribution in [2.24, 2.45) is 0 Å². The Balaban J connectivity index is 0.000000244. The van der Waals surface area contributed by atoms with Crippen molar-refractivity contribution in [2.75, 3.05) is 39.5 Å². The van der Waals surface area contributed by atoms with Crippen LogP contribution in [0.25, 0.3) is 43.9 Å². The molecule has 0 saturated heterocycles. The van der Waals surface area contributed by atoms with Crippen molar-refractivity contribution in [3.63, 3.8) is 0 Å². The van der Waals surface area contributed by atoms with Gasteiger partial charge in [-0.25, -0.2) is 19.6 Å². The van der Waals surface area contributed by atoms with Crippen molar-refractivity contribution < 1.29 is 33.3 Å². The Labute approximate surface area is 399 Å². The van der Waals surface area contributed by atoms with E-state index in [1.54, 1.807) is 22.1 Å². The Bertz CT molecular complexity index is 2550. The average Bonchev–Trinajstić information content (AvgIpc) is 3.77. The van der Waals surface area contributed by atoms with Gasteiger partial charge in [-0.05, 0) is 98.6 Å². The number of imidazole rings is 2. The molecule has 0 unspecified atom stereocenters. The Morgan fingerprint density at radius 1 is 0.677 bits per heavy atom. The molecule has 0 saturated carbocycles. The summed E-state index contributed by atoms with van der Waals surface area (Å²) >= 11 is 6.98. The maximum Gasteiger partial charge on any atom is 0.410 e. The van der Waals surface area contributed by atoms with E-state index in [1.165, 1.54) is 6.20 Å². The molecule has 0 bridgehead atoms. The number of halogens is 2. The topological polar surface area (TPSA) is 153 Å². The average molecular weight is 1030 g/mol. The van der Waals surface area contributed by atoms with Gasteiger partial charge < -0.3 is 43.1 Å². The van der Waals surface area contributed by atoms with E-state index in [2.05, 4.69) is 65.9 Å². The molecule has 4 heterocycles. The molecule has 0 aliphatic rings. The van der Waals surface area contributed by atoms with Crippen LogP contribution in [0.5, 0.6) is 0 Å². The lowest BCUT2D eigenvalue weighted by molar-refractivity contribution is -0.575. The zero-order valence-corrected chi connectivity index (χ0v) is 42.9. The smallest absolute Gasteiger partial charge is 0.410 e. The number of rotatable bonds is 18. The molecule has 0 aliphatic heterocycles. The lowest BCUT2D eigenvalue weighted by Crippen LogP contribution is -2.37. The number of nitrogens with zero attached hydrogens (tertiary/aromatic N) is 8. The highest BCUT2D eigenvalue weighted by Gasteiger charge is 2.26. The van der Waals surface area contributed by atoms with E-state index in [-0.39, 0.29) is 12.6 Å². The summed E-state index contributed by atoms with van der Waals surface area (Å²) in [6, 6.07) is 11.7. The van der Waals surface area contributed by atoms with Gasteiger partial charge in [0, 0.05) is 59.8 Å². The summed E-state index contributed by atoms with van der Waals surface area (Å²) in [6.07, 6.45) is 6.78. The van der Waals surface area contributed by atoms with Gasteiger partial charge in [-0.15, -0.1) is 0 Å². The van der Waals surface area contributed by atoms with Crippen molar-refractivity contribution in [3.05, 3.63) is 74.6 Å². The van der Waals surface area contributed by atoms with Gasteiger partial charge in [-0.1, -0.05) is 58.5 Å². The first-order chi connectivity index (χ1) is 30.9. The third kappa shape index (κ3) is 14.0. The number of carbonyl (C=O) groups is 2. The van der Waals surface area contributed by atoms with Crippen molar-refractivity contribution >= 4 is 87.9 Å². The van der Waals surface area contributed by atoms with E-state index in [0.29, 0.717) is 69.4 Å². The van der Waals surface area contributed by atoms with Crippen LogP contribution < -0.4 is 4.73 Å². The van der Waals surface area contributed by atoms with Crippen LogP contribution in [0.1, 0.15) is 107 Å². The molecule has 0 radical (unpaired) electrons. The third-order valence-corrected chi connectivity index (χ3v) is 11.3. The number of pyridine rings is 2. The predicted octanol–water partition coefficient (Wildman–Crippen LogP) is 11.1. The molecule has 0 fully saturated rings. The summed E-state index contributed by atoms with van der Waals surface area (Å²) in [5, 5.41) is 14.5. The summed E-state index contributed by atoms with van der Waals surface area (Å²) in [7, 11) is 0. The monoisotopic (exact) mass is 1020 g/mol. The van der Waals surface area contributed by atoms with Crippen molar-refractivity contribution in [1.29, 1.82) is 0 Å².